The minimum atomic E-state index is 0.152. The van der Waals surface area contributed by atoms with Gasteiger partial charge in [-0.25, -0.2) is 0 Å². The van der Waals surface area contributed by atoms with Gasteiger partial charge in [0, 0.05) is 18.3 Å². The van der Waals surface area contributed by atoms with Crippen molar-refractivity contribution in [3.63, 3.8) is 0 Å². The second-order valence-electron chi connectivity index (χ2n) is 5.12. The lowest BCUT2D eigenvalue weighted by atomic mass is 9.95. The van der Waals surface area contributed by atoms with Crippen molar-refractivity contribution in [1.82, 2.24) is 10.3 Å². The third-order valence-corrected chi connectivity index (χ3v) is 3.78. The summed E-state index contributed by atoms with van der Waals surface area (Å²) in [5.41, 5.74) is 1.05. The molecule has 3 nitrogen and oxygen atoms in total. The largest absolute Gasteiger partial charge is 0.305 e. The van der Waals surface area contributed by atoms with E-state index in [0.717, 1.165) is 18.5 Å². The molecule has 96 valence electrons. The van der Waals surface area contributed by atoms with E-state index in [-0.39, 0.29) is 12.0 Å². The van der Waals surface area contributed by atoms with Gasteiger partial charge in [-0.2, -0.15) is 5.26 Å². The molecule has 0 bridgehead atoms. The van der Waals surface area contributed by atoms with E-state index < -0.39 is 0 Å². The Kier molecular flexibility index (Phi) is 4.72. The van der Waals surface area contributed by atoms with Crippen molar-refractivity contribution in [1.29, 1.82) is 5.26 Å². The van der Waals surface area contributed by atoms with Crippen molar-refractivity contribution < 1.29 is 0 Å². The smallest absolute Gasteiger partial charge is 0.0672 e. The van der Waals surface area contributed by atoms with E-state index in [1.807, 2.05) is 24.4 Å². The Hall–Kier alpha value is -1.40. The molecule has 1 aromatic rings. The average Bonchev–Trinajstić information content (AvgIpc) is 2.64. The van der Waals surface area contributed by atoms with Gasteiger partial charge in [-0.15, -0.1) is 0 Å². The van der Waals surface area contributed by atoms with Crippen molar-refractivity contribution >= 4 is 0 Å². The summed E-state index contributed by atoms with van der Waals surface area (Å²) in [6.07, 6.45) is 7.63. The van der Waals surface area contributed by atoms with Crippen LogP contribution in [0.25, 0.3) is 0 Å². The molecule has 0 aliphatic heterocycles. The molecule has 1 aromatic heterocycles. The summed E-state index contributed by atoms with van der Waals surface area (Å²) >= 11 is 0. The molecule has 18 heavy (non-hydrogen) atoms. The maximum atomic E-state index is 9.26. The van der Waals surface area contributed by atoms with Crippen molar-refractivity contribution in [2.45, 2.75) is 51.1 Å². The van der Waals surface area contributed by atoms with E-state index in [2.05, 4.69) is 23.3 Å². The average molecular weight is 243 g/mol. The molecule has 0 spiro atoms. The van der Waals surface area contributed by atoms with Crippen LogP contribution in [0.15, 0.2) is 24.4 Å². The number of rotatable bonds is 3. The minimum Gasteiger partial charge on any atom is -0.305 e. The maximum absolute atomic E-state index is 9.26. The Balaban J connectivity index is 2.00. The molecular formula is C15H21N3. The minimum absolute atomic E-state index is 0.152. The SMILES string of the molecule is CC(NC1CCCCCC1C#N)c1ccccn1. The number of nitriles is 1. The van der Waals surface area contributed by atoms with Gasteiger partial charge in [0.15, 0.2) is 0 Å². The van der Waals surface area contributed by atoms with Crippen LogP contribution in [0.1, 0.15) is 50.8 Å². The van der Waals surface area contributed by atoms with Gasteiger partial charge in [0.1, 0.15) is 0 Å². The summed E-state index contributed by atoms with van der Waals surface area (Å²) in [5.74, 6) is 0.152. The number of nitrogens with zero attached hydrogens (tertiary/aromatic N) is 2. The lowest BCUT2D eigenvalue weighted by Crippen LogP contribution is -2.37. The molecule has 0 aromatic carbocycles. The first-order valence-corrected chi connectivity index (χ1v) is 6.88. The predicted molar refractivity (Wildman–Crippen MR) is 71.8 cm³/mol. The lowest BCUT2D eigenvalue weighted by molar-refractivity contribution is 0.358. The van der Waals surface area contributed by atoms with Crippen LogP contribution in [-0.4, -0.2) is 11.0 Å². The fraction of sp³-hybridized carbons (Fsp3) is 0.600. The van der Waals surface area contributed by atoms with Crippen LogP contribution in [0.5, 0.6) is 0 Å². The van der Waals surface area contributed by atoms with Gasteiger partial charge in [-0.1, -0.05) is 25.3 Å². The molecule has 1 aliphatic rings. The van der Waals surface area contributed by atoms with Crippen LogP contribution in [0, 0.1) is 17.2 Å². The van der Waals surface area contributed by atoms with Gasteiger partial charge in [-0.05, 0) is 31.9 Å². The molecule has 0 saturated heterocycles. The molecule has 0 radical (unpaired) electrons. The van der Waals surface area contributed by atoms with Gasteiger partial charge in [-0.3, -0.25) is 4.98 Å². The summed E-state index contributed by atoms with van der Waals surface area (Å²) in [5, 5.41) is 12.9. The highest BCUT2D eigenvalue weighted by molar-refractivity contribution is 5.08. The quantitative estimate of drug-likeness (QED) is 0.829. The van der Waals surface area contributed by atoms with E-state index >= 15 is 0 Å². The highest BCUT2D eigenvalue weighted by Gasteiger charge is 2.25. The molecule has 1 fully saturated rings. The molecule has 1 saturated carbocycles. The van der Waals surface area contributed by atoms with Gasteiger partial charge in [0.05, 0.1) is 17.7 Å². The second kappa shape index (κ2) is 6.51. The molecule has 1 N–H and O–H groups in total. The van der Waals surface area contributed by atoms with E-state index in [1.54, 1.807) is 0 Å². The first kappa shape index (κ1) is 13.0. The molecule has 3 unspecified atom stereocenters. The monoisotopic (exact) mass is 243 g/mol. The molecule has 1 aliphatic carbocycles. The standard InChI is InChI=1S/C15H21N3/c1-12(14-8-5-6-10-17-14)18-15-9-4-2-3-7-13(15)11-16/h5-6,8,10,12-13,15,18H,2-4,7,9H2,1H3. The van der Waals surface area contributed by atoms with Crippen LogP contribution in [0.2, 0.25) is 0 Å². The first-order valence-electron chi connectivity index (χ1n) is 6.88. The summed E-state index contributed by atoms with van der Waals surface area (Å²) in [7, 11) is 0. The van der Waals surface area contributed by atoms with Crippen molar-refractivity contribution in [2.75, 3.05) is 0 Å². The summed E-state index contributed by atoms with van der Waals surface area (Å²) in [4.78, 5) is 4.37. The summed E-state index contributed by atoms with van der Waals surface area (Å²) in [6, 6.07) is 8.97. The molecule has 1 heterocycles. The van der Waals surface area contributed by atoms with Gasteiger partial charge < -0.3 is 5.32 Å². The highest BCUT2D eigenvalue weighted by Crippen LogP contribution is 2.25. The number of aromatic nitrogens is 1. The maximum Gasteiger partial charge on any atom is 0.0672 e. The predicted octanol–water partition coefficient (Wildman–Crippen LogP) is 3.20. The van der Waals surface area contributed by atoms with E-state index in [1.165, 1.54) is 19.3 Å². The highest BCUT2D eigenvalue weighted by atomic mass is 15.0. The van der Waals surface area contributed by atoms with Gasteiger partial charge in [0.2, 0.25) is 0 Å². The van der Waals surface area contributed by atoms with E-state index in [0.29, 0.717) is 6.04 Å². The van der Waals surface area contributed by atoms with Crippen LogP contribution >= 0.6 is 0 Å². The zero-order valence-electron chi connectivity index (χ0n) is 11.0. The first-order chi connectivity index (χ1) is 8.81. The molecular weight excluding hydrogens is 222 g/mol. The van der Waals surface area contributed by atoms with Gasteiger partial charge >= 0.3 is 0 Å². The van der Waals surface area contributed by atoms with Crippen molar-refractivity contribution in [3.05, 3.63) is 30.1 Å². The zero-order chi connectivity index (χ0) is 12.8. The number of hydrogen-bond donors (Lipinski definition) is 1. The number of pyridine rings is 1. The molecule has 0 amide bonds. The normalized spacial score (nSPS) is 26.0. The number of nitrogens with one attached hydrogen (secondary N) is 1. The Bertz CT molecular complexity index is 396. The lowest BCUT2D eigenvalue weighted by Gasteiger charge is -2.25. The summed E-state index contributed by atoms with van der Waals surface area (Å²) < 4.78 is 0. The summed E-state index contributed by atoms with van der Waals surface area (Å²) in [6.45, 7) is 2.13. The number of hydrogen-bond acceptors (Lipinski definition) is 3. The van der Waals surface area contributed by atoms with Crippen LogP contribution < -0.4 is 5.32 Å². The van der Waals surface area contributed by atoms with Crippen LogP contribution in [0.3, 0.4) is 0 Å². The Morgan fingerprint density at radius 1 is 1.33 bits per heavy atom. The van der Waals surface area contributed by atoms with Crippen LogP contribution in [0.4, 0.5) is 0 Å². The molecule has 2 rings (SSSR count). The molecule has 3 atom stereocenters. The van der Waals surface area contributed by atoms with Crippen molar-refractivity contribution in [2.24, 2.45) is 5.92 Å². The topological polar surface area (TPSA) is 48.7 Å². The third kappa shape index (κ3) is 3.30. The van der Waals surface area contributed by atoms with E-state index in [9.17, 15) is 5.26 Å². The molecule has 3 heteroatoms. The van der Waals surface area contributed by atoms with Crippen LogP contribution in [-0.2, 0) is 0 Å². The Labute approximate surface area is 109 Å². The second-order valence-corrected chi connectivity index (χ2v) is 5.12. The fourth-order valence-corrected chi connectivity index (χ4v) is 2.70. The third-order valence-electron chi connectivity index (χ3n) is 3.78. The Morgan fingerprint density at radius 3 is 2.89 bits per heavy atom. The van der Waals surface area contributed by atoms with Crippen molar-refractivity contribution in [3.8, 4) is 6.07 Å². The zero-order valence-corrected chi connectivity index (χ0v) is 11.0. The Morgan fingerprint density at radius 2 is 2.17 bits per heavy atom. The van der Waals surface area contributed by atoms with E-state index in [4.69, 9.17) is 0 Å². The fourth-order valence-electron chi connectivity index (χ4n) is 2.70. The van der Waals surface area contributed by atoms with Gasteiger partial charge in [0.25, 0.3) is 0 Å².